The Balaban J connectivity index is 3.83. The van der Waals surface area contributed by atoms with E-state index in [4.69, 9.17) is 4.74 Å². The Labute approximate surface area is 75.9 Å². The Morgan fingerprint density at radius 1 is 1.08 bits per heavy atom. The molecular weight excluding hydrogens is 152 g/mol. The fourth-order valence-electron chi connectivity index (χ4n) is 0.974. The van der Waals surface area contributed by atoms with Gasteiger partial charge in [-0.3, -0.25) is 0 Å². The molecular formula is C10H22O2. The van der Waals surface area contributed by atoms with Gasteiger partial charge in [0.2, 0.25) is 0 Å². The monoisotopic (exact) mass is 174 g/mol. The smallest absolute Gasteiger partial charge is 0.155 e. The molecule has 0 saturated heterocycles. The third-order valence-corrected chi connectivity index (χ3v) is 1.28. The molecule has 2 nitrogen and oxygen atoms in total. The van der Waals surface area contributed by atoms with Crippen LogP contribution in [0.5, 0.6) is 0 Å². The highest BCUT2D eigenvalue weighted by Gasteiger charge is 2.21. The Hall–Kier alpha value is -0.0800. The second-order valence-electron chi connectivity index (χ2n) is 5.45. The van der Waals surface area contributed by atoms with E-state index in [1.807, 2.05) is 20.8 Å². The quantitative estimate of drug-likeness (QED) is 0.652. The summed E-state index contributed by atoms with van der Waals surface area (Å²) in [5, 5.41) is 9.50. The molecule has 0 aromatic carbocycles. The molecule has 0 aliphatic carbocycles. The second kappa shape index (κ2) is 3.75. The predicted octanol–water partition coefficient (Wildman–Crippen LogP) is 2.56. The van der Waals surface area contributed by atoms with Crippen molar-refractivity contribution >= 4 is 0 Å². The SMILES string of the molecule is CC(C)(C)CC(O)OC(C)(C)C. The Kier molecular flexibility index (Phi) is 3.73. The minimum atomic E-state index is -0.648. The number of aliphatic hydroxyl groups is 1. The zero-order valence-corrected chi connectivity index (χ0v) is 9.14. The van der Waals surface area contributed by atoms with Gasteiger partial charge in [0.05, 0.1) is 5.60 Å². The van der Waals surface area contributed by atoms with E-state index in [1.165, 1.54) is 0 Å². The van der Waals surface area contributed by atoms with Crippen molar-refractivity contribution in [2.24, 2.45) is 5.41 Å². The predicted molar refractivity (Wildman–Crippen MR) is 50.9 cm³/mol. The highest BCUT2D eigenvalue weighted by molar-refractivity contribution is 4.66. The number of hydrogen-bond donors (Lipinski definition) is 1. The normalized spacial score (nSPS) is 16.2. The fourth-order valence-corrected chi connectivity index (χ4v) is 0.974. The van der Waals surface area contributed by atoms with Gasteiger partial charge in [-0.05, 0) is 26.2 Å². The van der Waals surface area contributed by atoms with Crippen LogP contribution < -0.4 is 0 Å². The Bertz CT molecular complexity index is 112. The zero-order valence-electron chi connectivity index (χ0n) is 9.14. The minimum absolute atomic E-state index is 0.116. The maximum Gasteiger partial charge on any atom is 0.155 e. The van der Waals surface area contributed by atoms with Gasteiger partial charge in [-0.2, -0.15) is 0 Å². The van der Waals surface area contributed by atoms with Crippen LogP contribution in [-0.4, -0.2) is 17.0 Å². The lowest BCUT2D eigenvalue weighted by molar-refractivity contribution is -0.178. The summed E-state index contributed by atoms with van der Waals surface area (Å²) in [7, 11) is 0. The number of ether oxygens (including phenoxy) is 1. The summed E-state index contributed by atoms with van der Waals surface area (Å²) in [5.41, 5.74) is -0.144. The maximum absolute atomic E-state index is 9.50. The summed E-state index contributed by atoms with van der Waals surface area (Å²) in [6.07, 6.45) is 0.0228. The molecule has 0 aliphatic heterocycles. The second-order valence-corrected chi connectivity index (χ2v) is 5.45. The van der Waals surface area contributed by atoms with Crippen molar-refractivity contribution in [3.05, 3.63) is 0 Å². The highest BCUT2D eigenvalue weighted by Crippen LogP contribution is 2.23. The molecule has 0 aromatic heterocycles. The van der Waals surface area contributed by atoms with Crippen LogP contribution in [0.1, 0.15) is 48.0 Å². The average molecular weight is 174 g/mol. The summed E-state index contributed by atoms with van der Waals surface area (Å²) < 4.78 is 5.37. The first kappa shape index (κ1) is 11.9. The molecule has 12 heavy (non-hydrogen) atoms. The lowest BCUT2D eigenvalue weighted by Crippen LogP contribution is -2.30. The average Bonchev–Trinajstić information content (AvgIpc) is 1.49. The molecule has 1 N–H and O–H groups in total. The van der Waals surface area contributed by atoms with Crippen LogP contribution in [0, 0.1) is 5.41 Å². The third-order valence-electron chi connectivity index (χ3n) is 1.28. The molecule has 0 amide bonds. The van der Waals surface area contributed by atoms with Crippen LogP contribution in [0.15, 0.2) is 0 Å². The van der Waals surface area contributed by atoms with E-state index < -0.39 is 6.29 Å². The first-order valence-corrected chi connectivity index (χ1v) is 4.46. The molecule has 0 bridgehead atoms. The van der Waals surface area contributed by atoms with Crippen molar-refractivity contribution in [3.8, 4) is 0 Å². The van der Waals surface area contributed by atoms with Crippen LogP contribution in [0.2, 0.25) is 0 Å². The topological polar surface area (TPSA) is 29.5 Å². The first-order valence-electron chi connectivity index (χ1n) is 4.46. The molecule has 0 heterocycles. The Morgan fingerprint density at radius 3 is 1.75 bits per heavy atom. The zero-order chi connectivity index (χ0) is 9.99. The van der Waals surface area contributed by atoms with E-state index in [9.17, 15) is 5.11 Å². The summed E-state index contributed by atoms with van der Waals surface area (Å²) in [6.45, 7) is 12.1. The van der Waals surface area contributed by atoms with Crippen molar-refractivity contribution < 1.29 is 9.84 Å². The molecule has 0 saturated carbocycles. The van der Waals surface area contributed by atoms with Crippen LogP contribution >= 0.6 is 0 Å². The lowest BCUT2D eigenvalue weighted by atomic mass is 9.92. The van der Waals surface area contributed by atoms with Gasteiger partial charge in [0.25, 0.3) is 0 Å². The van der Waals surface area contributed by atoms with Crippen molar-refractivity contribution in [2.45, 2.75) is 59.9 Å². The van der Waals surface area contributed by atoms with Gasteiger partial charge in [0.15, 0.2) is 6.29 Å². The molecule has 0 aliphatic rings. The summed E-state index contributed by atoms with van der Waals surface area (Å²) in [4.78, 5) is 0. The van der Waals surface area contributed by atoms with E-state index in [0.29, 0.717) is 6.42 Å². The van der Waals surface area contributed by atoms with Crippen LogP contribution in [0.4, 0.5) is 0 Å². The summed E-state index contributed by atoms with van der Waals surface area (Å²) in [6, 6.07) is 0. The van der Waals surface area contributed by atoms with E-state index in [2.05, 4.69) is 20.8 Å². The van der Waals surface area contributed by atoms with Gasteiger partial charge < -0.3 is 9.84 Å². The van der Waals surface area contributed by atoms with E-state index >= 15 is 0 Å². The van der Waals surface area contributed by atoms with Gasteiger partial charge in [-0.15, -0.1) is 0 Å². The van der Waals surface area contributed by atoms with Crippen LogP contribution in [0.3, 0.4) is 0 Å². The molecule has 0 aromatic rings. The number of aliphatic hydroxyl groups excluding tert-OH is 1. The van der Waals surface area contributed by atoms with E-state index in [0.717, 1.165) is 0 Å². The lowest BCUT2D eigenvalue weighted by Gasteiger charge is -2.28. The molecule has 1 atom stereocenters. The standard InChI is InChI=1S/C10H22O2/c1-9(2,3)7-8(11)12-10(4,5)6/h8,11H,7H2,1-6H3. The van der Waals surface area contributed by atoms with Crippen molar-refractivity contribution in [3.63, 3.8) is 0 Å². The molecule has 0 fully saturated rings. The molecule has 0 radical (unpaired) electrons. The minimum Gasteiger partial charge on any atom is -0.368 e. The molecule has 0 rings (SSSR count). The molecule has 74 valence electrons. The van der Waals surface area contributed by atoms with Gasteiger partial charge in [0.1, 0.15) is 0 Å². The first-order chi connectivity index (χ1) is 5.10. The molecule has 0 spiro atoms. The van der Waals surface area contributed by atoms with Gasteiger partial charge in [-0.25, -0.2) is 0 Å². The Morgan fingerprint density at radius 2 is 1.50 bits per heavy atom. The van der Waals surface area contributed by atoms with E-state index in [-0.39, 0.29) is 11.0 Å². The van der Waals surface area contributed by atoms with Gasteiger partial charge >= 0.3 is 0 Å². The van der Waals surface area contributed by atoms with Crippen LogP contribution in [0.25, 0.3) is 0 Å². The van der Waals surface area contributed by atoms with Crippen molar-refractivity contribution in [2.75, 3.05) is 0 Å². The molecule has 2 heteroatoms. The van der Waals surface area contributed by atoms with Crippen LogP contribution in [-0.2, 0) is 4.74 Å². The van der Waals surface area contributed by atoms with Gasteiger partial charge in [0, 0.05) is 6.42 Å². The maximum atomic E-state index is 9.50. The largest absolute Gasteiger partial charge is 0.368 e. The summed E-state index contributed by atoms with van der Waals surface area (Å²) in [5.74, 6) is 0. The van der Waals surface area contributed by atoms with Crippen molar-refractivity contribution in [1.82, 2.24) is 0 Å². The highest BCUT2D eigenvalue weighted by atomic mass is 16.6. The van der Waals surface area contributed by atoms with Crippen molar-refractivity contribution in [1.29, 1.82) is 0 Å². The number of rotatable bonds is 2. The third kappa shape index (κ3) is 8.02. The number of hydrogen-bond acceptors (Lipinski definition) is 2. The summed E-state index contributed by atoms with van der Waals surface area (Å²) >= 11 is 0. The fraction of sp³-hybridized carbons (Fsp3) is 1.00. The van der Waals surface area contributed by atoms with E-state index in [1.54, 1.807) is 0 Å². The van der Waals surface area contributed by atoms with Gasteiger partial charge in [-0.1, -0.05) is 20.8 Å². The molecule has 1 unspecified atom stereocenters.